The van der Waals surface area contributed by atoms with Crippen LogP contribution in [0.25, 0.3) is 0 Å². The van der Waals surface area contributed by atoms with Crippen molar-refractivity contribution in [2.24, 2.45) is 0 Å². The molecule has 2 rings (SSSR count). The summed E-state index contributed by atoms with van der Waals surface area (Å²) in [4.78, 5) is 12.0. The molecular formula is C17H24ClF3N2O. The van der Waals surface area contributed by atoms with Gasteiger partial charge < -0.3 is 10.6 Å². The molecule has 1 aliphatic rings. The van der Waals surface area contributed by atoms with Gasteiger partial charge in [0, 0.05) is 19.1 Å². The van der Waals surface area contributed by atoms with Crippen LogP contribution in [0.5, 0.6) is 0 Å². The molecule has 0 atom stereocenters. The molecule has 1 aromatic rings. The van der Waals surface area contributed by atoms with E-state index in [0.717, 1.165) is 18.9 Å². The van der Waals surface area contributed by atoms with Crippen molar-refractivity contribution in [2.45, 2.75) is 50.7 Å². The Kier molecular flexibility index (Phi) is 8.56. The highest BCUT2D eigenvalue weighted by molar-refractivity contribution is 5.95. The van der Waals surface area contributed by atoms with Gasteiger partial charge in [-0.25, -0.2) is 0 Å². The molecule has 7 heteroatoms. The van der Waals surface area contributed by atoms with Gasteiger partial charge in [-0.2, -0.15) is 13.2 Å². The Labute approximate surface area is 146 Å². The molecular weight excluding hydrogens is 341 g/mol. The summed E-state index contributed by atoms with van der Waals surface area (Å²) in [6, 6.07) is 5.31. The Morgan fingerprint density at radius 3 is 2.29 bits per heavy atom. The van der Waals surface area contributed by atoms with E-state index in [9.17, 15) is 18.0 Å². The molecule has 0 aliphatic heterocycles. The van der Waals surface area contributed by atoms with E-state index in [0.29, 0.717) is 19.1 Å². The molecule has 0 unspecified atom stereocenters. The first-order chi connectivity index (χ1) is 11.0. The van der Waals surface area contributed by atoms with Crippen LogP contribution in [0, 0.1) is 0 Å². The van der Waals surface area contributed by atoms with Gasteiger partial charge in [0.15, 0.2) is 0 Å². The average molecular weight is 365 g/mol. The van der Waals surface area contributed by atoms with E-state index in [-0.39, 0.29) is 18.0 Å². The van der Waals surface area contributed by atoms with Gasteiger partial charge in [-0.1, -0.05) is 37.8 Å². The van der Waals surface area contributed by atoms with Gasteiger partial charge in [0.2, 0.25) is 0 Å². The maximum absolute atomic E-state index is 12.9. The highest BCUT2D eigenvalue weighted by Gasteiger charge is 2.34. The maximum Gasteiger partial charge on any atom is 0.417 e. The second-order valence-corrected chi connectivity index (χ2v) is 5.94. The third-order valence-electron chi connectivity index (χ3n) is 4.18. The van der Waals surface area contributed by atoms with Gasteiger partial charge >= 0.3 is 6.18 Å². The second-order valence-electron chi connectivity index (χ2n) is 5.94. The molecule has 24 heavy (non-hydrogen) atoms. The molecule has 1 aliphatic carbocycles. The van der Waals surface area contributed by atoms with Crippen molar-refractivity contribution >= 4 is 18.3 Å². The molecule has 1 amide bonds. The lowest BCUT2D eigenvalue weighted by molar-refractivity contribution is -0.137. The molecule has 1 aromatic carbocycles. The lowest BCUT2D eigenvalue weighted by Gasteiger charge is -2.17. The topological polar surface area (TPSA) is 41.1 Å². The van der Waals surface area contributed by atoms with E-state index < -0.39 is 17.6 Å². The van der Waals surface area contributed by atoms with E-state index in [1.165, 1.54) is 43.9 Å². The van der Waals surface area contributed by atoms with Crippen LogP contribution in [0.3, 0.4) is 0 Å². The molecule has 1 saturated carbocycles. The molecule has 2 N–H and O–H groups in total. The van der Waals surface area contributed by atoms with E-state index in [1.54, 1.807) is 0 Å². The quantitative estimate of drug-likeness (QED) is 0.608. The summed E-state index contributed by atoms with van der Waals surface area (Å²) in [5.41, 5.74) is -1.22. The fraction of sp³-hybridized carbons (Fsp3) is 0.588. The van der Waals surface area contributed by atoms with Crippen molar-refractivity contribution in [1.82, 2.24) is 10.6 Å². The van der Waals surface area contributed by atoms with E-state index >= 15 is 0 Å². The Morgan fingerprint density at radius 1 is 1.04 bits per heavy atom. The Balaban J connectivity index is 0.00000288. The summed E-state index contributed by atoms with van der Waals surface area (Å²) in [5.74, 6) is -0.680. The van der Waals surface area contributed by atoms with Gasteiger partial charge in [0.05, 0.1) is 11.1 Å². The van der Waals surface area contributed by atoms with Gasteiger partial charge in [0.25, 0.3) is 5.91 Å². The molecule has 0 heterocycles. The zero-order valence-electron chi connectivity index (χ0n) is 13.5. The summed E-state index contributed by atoms with van der Waals surface area (Å²) in [6.45, 7) is 0.895. The fourth-order valence-electron chi connectivity index (χ4n) is 2.96. The monoisotopic (exact) mass is 364 g/mol. The molecule has 0 spiro atoms. The number of amides is 1. The van der Waals surface area contributed by atoms with Crippen LogP contribution in [0.2, 0.25) is 0 Å². The van der Waals surface area contributed by atoms with Crippen LogP contribution in [0.4, 0.5) is 13.2 Å². The number of benzene rings is 1. The van der Waals surface area contributed by atoms with Crippen LogP contribution in [-0.4, -0.2) is 25.0 Å². The van der Waals surface area contributed by atoms with Crippen LogP contribution >= 0.6 is 12.4 Å². The lowest BCUT2D eigenvalue weighted by atomic mass is 10.1. The van der Waals surface area contributed by atoms with Gasteiger partial charge in [-0.15, -0.1) is 12.4 Å². The van der Waals surface area contributed by atoms with Crippen LogP contribution in [0.15, 0.2) is 24.3 Å². The number of hydrogen-bond donors (Lipinski definition) is 2. The highest BCUT2D eigenvalue weighted by Crippen LogP contribution is 2.31. The van der Waals surface area contributed by atoms with E-state index in [2.05, 4.69) is 10.6 Å². The third kappa shape index (κ3) is 6.32. The fourth-order valence-corrected chi connectivity index (χ4v) is 2.96. The number of carbonyl (C=O) groups is 1. The van der Waals surface area contributed by atoms with Crippen molar-refractivity contribution in [3.63, 3.8) is 0 Å². The van der Waals surface area contributed by atoms with Crippen molar-refractivity contribution in [2.75, 3.05) is 13.1 Å². The molecule has 0 aromatic heterocycles. The Hall–Kier alpha value is -1.27. The summed E-state index contributed by atoms with van der Waals surface area (Å²) < 4.78 is 38.7. The number of alkyl halides is 3. The van der Waals surface area contributed by atoms with E-state index in [1.807, 2.05) is 0 Å². The predicted octanol–water partition coefficient (Wildman–Crippen LogP) is 4.17. The number of rotatable bonds is 5. The smallest absolute Gasteiger partial charge is 0.351 e. The summed E-state index contributed by atoms with van der Waals surface area (Å²) >= 11 is 0. The number of carbonyl (C=O) groups excluding carboxylic acids is 1. The molecule has 3 nitrogen and oxygen atoms in total. The normalized spacial score (nSPS) is 16.1. The van der Waals surface area contributed by atoms with Gasteiger partial charge in [0.1, 0.15) is 0 Å². The molecule has 0 bridgehead atoms. The van der Waals surface area contributed by atoms with Crippen LogP contribution in [0.1, 0.15) is 54.4 Å². The van der Waals surface area contributed by atoms with Crippen molar-refractivity contribution in [3.8, 4) is 0 Å². The van der Waals surface area contributed by atoms with Gasteiger partial charge in [-0.3, -0.25) is 4.79 Å². The Bertz CT molecular complexity index is 515. The molecule has 0 radical (unpaired) electrons. The minimum Gasteiger partial charge on any atom is -0.351 e. The van der Waals surface area contributed by atoms with Crippen molar-refractivity contribution < 1.29 is 18.0 Å². The first kappa shape index (κ1) is 20.8. The Morgan fingerprint density at radius 2 is 1.67 bits per heavy atom. The van der Waals surface area contributed by atoms with Crippen molar-refractivity contribution in [3.05, 3.63) is 35.4 Å². The first-order valence-electron chi connectivity index (χ1n) is 8.16. The molecule has 136 valence electrons. The zero-order valence-corrected chi connectivity index (χ0v) is 14.3. The summed E-state index contributed by atoms with van der Waals surface area (Å²) in [7, 11) is 0. The highest BCUT2D eigenvalue weighted by atomic mass is 35.5. The van der Waals surface area contributed by atoms with Crippen LogP contribution < -0.4 is 10.6 Å². The maximum atomic E-state index is 12.9. The average Bonchev–Trinajstić information content (AvgIpc) is 2.79. The largest absolute Gasteiger partial charge is 0.417 e. The molecule has 0 saturated heterocycles. The van der Waals surface area contributed by atoms with Gasteiger partial charge in [-0.05, 0) is 25.0 Å². The lowest BCUT2D eigenvalue weighted by Crippen LogP contribution is -2.37. The summed E-state index contributed by atoms with van der Waals surface area (Å²) in [6.07, 6.45) is 2.69. The zero-order chi connectivity index (χ0) is 16.7. The van der Waals surface area contributed by atoms with Crippen molar-refractivity contribution in [1.29, 1.82) is 0 Å². The molecule has 1 fully saturated rings. The number of nitrogens with one attached hydrogen (secondary N) is 2. The minimum atomic E-state index is -4.52. The van der Waals surface area contributed by atoms with E-state index in [4.69, 9.17) is 0 Å². The SMILES string of the molecule is Cl.O=C(NCCNC1CCCCCC1)c1ccccc1C(F)(F)F. The first-order valence-corrected chi connectivity index (χ1v) is 8.16. The minimum absolute atomic E-state index is 0. The predicted molar refractivity (Wildman–Crippen MR) is 90.5 cm³/mol. The van der Waals surface area contributed by atoms with Crippen LogP contribution in [-0.2, 0) is 6.18 Å². The third-order valence-corrected chi connectivity index (χ3v) is 4.18. The standard InChI is InChI=1S/C17H23F3N2O.ClH/c18-17(19,20)15-10-6-5-9-14(15)16(23)22-12-11-21-13-7-3-1-2-4-8-13;/h5-6,9-10,13,21H,1-4,7-8,11-12H2,(H,22,23);1H. The second kappa shape index (κ2) is 9.89. The number of hydrogen-bond acceptors (Lipinski definition) is 2. The number of halogens is 4. The summed E-state index contributed by atoms with van der Waals surface area (Å²) in [5, 5.41) is 5.94.